The zero-order valence-electron chi connectivity index (χ0n) is 15.2. The Balaban J connectivity index is 1.43. The number of halogens is 3. The molecular formula is C22H16BrCl2N3O. The molecule has 0 bridgehead atoms. The number of amides is 1. The van der Waals surface area contributed by atoms with Crippen molar-refractivity contribution in [2.24, 2.45) is 5.10 Å². The lowest BCUT2D eigenvalue weighted by molar-refractivity contribution is 0.0955. The molecule has 1 N–H and O–H groups in total. The van der Waals surface area contributed by atoms with Gasteiger partial charge in [0.25, 0.3) is 5.91 Å². The Morgan fingerprint density at radius 1 is 1.00 bits per heavy atom. The predicted octanol–water partition coefficient (Wildman–Crippen LogP) is 6.04. The lowest BCUT2D eigenvalue weighted by Crippen LogP contribution is -2.18. The third kappa shape index (κ3) is 4.64. The number of fused-ring (bicyclic) bond motifs is 1. The van der Waals surface area contributed by atoms with Crippen LogP contribution in [0.15, 0.2) is 70.2 Å². The molecule has 3 aromatic carbocycles. The van der Waals surface area contributed by atoms with Crippen LogP contribution < -0.4 is 10.3 Å². The van der Waals surface area contributed by atoms with Crippen LogP contribution in [0.4, 0.5) is 5.69 Å². The molecule has 0 atom stereocenters. The fourth-order valence-corrected chi connectivity index (χ4v) is 3.92. The van der Waals surface area contributed by atoms with Gasteiger partial charge in [-0.05, 0) is 59.7 Å². The van der Waals surface area contributed by atoms with Gasteiger partial charge in [0.05, 0.1) is 11.2 Å². The number of nitrogens with one attached hydrogen (secondary N) is 1. The zero-order valence-corrected chi connectivity index (χ0v) is 18.3. The average molecular weight is 489 g/mol. The van der Waals surface area contributed by atoms with Gasteiger partial charge in [0.1, 0.15) is 0 Å². The second kappa shape index (κ2) is 8.57. The van der Waals surface area contributed by atoms with Crippen molar-refractivity contribution in [1.82, 2.24) is 5.43 Å². The number of rotatable bonds is 4. The Bertz CT molecular complexity index is 1100. The van der Waals surface area contributed by atoms with Gasteiger partial charge < -0.3 is 4.90 Å². The normalized spacial score (nSPS) is 13.0. The summed E-state index contributed by atoms with van der Waals surface area (Å²) in [6, 6.07) is 19.1. The van der Waals surface area contributed by atoms with Crippen LogP contribution in [0, 0.1) is 0 Å². The summed E-state index contributed by atoms with van der Waals surface area (Å²) in [5, 5.41) is 5.03. The van der Waals surface area contributed by atoms with Crippen LogP contribution >= 0.6 is 39.1 Å². The molecule has 1 amide bonds. The van der Waals surface area contributed by atoms with E-state index in [4.69, 9.17) is 23.2 Å². The van der Waals surface area contributed by atoms with E-state index in [0.717, 1.165) is 28.8 Å². The average Bonchev–Trinajstić information content (AvgIpc) is 3.13. The van der Waals surface area contributed by atoms with Crippen molar-refractivity contribution in [2.45, 2.75) is 13.1 Å². The first-order chi connectivity index (χ1) is 14.0. The van der Waals surface area contributed by atoms with Gasteiger partial charge in [0.15, 0.2) is 0 Å². The van der Waals surface area contributed by atoms with Crippen molar-refractivity contribution in [3.63, 3.8) is 0 Å². The van der Waals surface area contributed by atoms with Crippen LogP contribution in [0.1, 0.15) is 27.0 Å². The molecule has 1 heterocycles. The first-order valence-corrected chi connectivity index (χ1v) is 10.5. The van der Waals surface area contributed by atoms with Crippen LogP contribution in [0.3, 0.4) is 0 Å². The second-order valence-electron chi connectivity index (χ2n) is 6.68. The molecule has 1 aliphatic rings. The second-order valence-corrected chi connectivity index (χ2v) is 8.44. The van der Waals surface area contributed by atoms with E-state index >= 15 is 0 Å². The van der Waals surface area contributed by atoms with E-state index in [-0.39, 0.29) is 5.91 Å². The molecule has 3 aromatic rings. The molecule has 0 unspecified atom stereocenters. The first-order valence-electron chi connectivity index (χ1n) is 8.90. The van der Waals surface area contributed by atoms with Crippen molar-refractivity contribution in [2.75, 3.05) is 4.90 Å². The monoisotopic (exact) mass is 487 g/mol. The fourth-order valence-electron chi connectivity index (χ4n) is 3.20. The van der Waals surface area contributed by atoms with E-state index in [1.807, 2.05) is 30.3 Å². The van der Waals surface area contributed by atoms with Gasteiger partial charge >= 0.3 is 0 Å². The zero-order chi connectivity index (χ0) is 20.4. The summed E-state index contributed by atoms with van der Waals surface area (Å²) in [5.41, 5.74) is 7.32. The Labute approximate surface area is 187 Å². The Hall–Kier alpha value is -2.34. The van der Waals surface area contributed by atoms with Gasteiger partial charge in [0.2, 0.25) is 0 Å². The number of benzene rings is 3. The summed E-state index contributed by atoms with van der Waals surface area (Å²) >= 11 is 15.4. The van der Waals surface area contributed by atoms with Crippen LogP contribution in [0.25, 0.3) is 0 Å². The lowest BCUT2D eigenvalue weighted by atomic mass is 10.1. The number of hydrogen-bond donors (Lipinski definition) is 1. The molecule has 0 aliphatic carbocycles. The van der Waals surface area contributed by atoms with Crippen LogP contribution in [0.2, 0.25) is 10.0 Å². The molecule has 0 radical (unpaired) electrons. The number of anilines is 1. The molecule has 4 nitrogen and oxygen atoms in total. The van der Waals surface area contributed by atoms with Gasteiger partial charge in [0, 0.05) is 39.4 Å². The molecule has 29 heavy (non-hydrogen) atoms. The van der Waals surface area contributed by atoms with Gasteiger partial charge in [-0.1, -0.05) is 51.3 Å². The van der Waals surface area contributed by atoms with Crippen molar-refractivity contribution < 1.29 is 4.79 Å². The minimum atomic E-state index is -0.267. The third-order valence-electron chi connectivity index (χ3n) is 4.71. The third-order valence-corrected chi connectivity index (χ3v) is 5.81. The number of hydrazone groups is 1. The maximum atomic E-state index is 12.5. The van der Waals surface area contributed by atoms with Gasteiger partial charge in [-0.15, -0.1) is 0 Å². The minimum absolute atomic E-state index is 0.267. The minimum Gasteiger partial charge on any atom is -0.363 e. The molecule has 146 valence electrons. The van der Waals surface area contributed by atoms with Crippen molar-refractivity contribution >= 4 is 56.9 Å². The Morgan fingerprint density at radius 3 is 2.52 bits per heavy atom. The summed E-state index contributed by atoms with van der Waals surface area (Å²) in [6.45, 7) is 1.59. The highest BCUT2D eigenvalue weighted by atomic mass is 79.9. The topological polar surface area (TPSA) is 44.7 Å². The molecule has 0 spiro atoms. The molecule has 7 heteroatoms. The van der Waals surface area contributed by atoms with Crippen molar-refractivity contribution in [3.05, 3.63) is 97.4 Å². The highest BCUT2D eigenvalue weighted by Crippen LogP contribution is 2.29. The fraction of sp³-hybridized carbons (Fsp3) is 0.0909. The van der Waals surface area contributed by atoms with Gasteiger partial charge in [-0.3, -0.25) is 4.79 Å². The number of hydrogen-bond acceptors (Lipinski definition) is 3. The highest BCUT2D eigenvalue weighted by Gasteiger charge is 2.20. The summed E-state index contributed by atoms with van der Waals surface area (Å²) in [6.07, 6.45) is 1.50. The number of carbonyl (C=O) groups excluding carboxylic acids is 1. The van der Waals surface area contributed by atoms with E-state index in [1.165, 1.54) is 11.8 Å². The molecular weight excluding hydrogens is 473 g/mol. The van der Waals surface area contributed by atoms with E-state index < -0.39 is 0 Å². The Morgan fingerprint density at radius 2 is 1.76 bits per heavy atom. The van der Waals surface area contributed by atoms with E-state index in [0.29, 0.717) is 21.2 Å². The standard InChI is InChI=1S/C22H16BrCl2N3O/c23-18-4-7-20(8-5-18)28-12-16-2-1-14(9-17(16)13-28)22(29)27-26-11-15-3-6-19(24)10-21(15)25/h1-11H,12-13H2,(H,27,29)/b26-11-. The van der Waals surface area contributed by atoms with Gasteiger partial charge in [-0.2, -0.15) is 5.10 Å². The summed E-state index contributed by atoms with van der Waals surface area (Å²) in [4.78, 5) is 14.7. The highest BCUT2D eigenvalue weighted by molar-refractivity contribution is 9.10. The van der Waals surface area contributed by atoms with E-state index in [2.05, 4.69) is 43.5 Å². The molecule has 0 saturated heterocycles. The summed E-state index contributed by atoms with van der Waals surface area (Å²) in [7, 11) is 0. The lowest BCUT2D eigenvalue weighted by Gasteiger charge is -2.17. The van der Waals surface area contributed by atoms with Crippen molar-refractivity contribution in [1.29, 1.82) is 0 Å². The number of carbonyl (C=O) groups is 1. The maximum absolute atomic E-state index is 12.5. The molecule has 1 aliphatic heterocycles. The molecule has 0 aromatic heterocycles. The summed E-state index contributed by atoms with van der Waals surface area (Å²) in [5.74, 6) is -0.267. The van der Waals surface area contributed by atoms with E-state index in [9.17, 15) is 4.79 Å². The molecule has 0 saturated carbocycles. The number of nitrogens with zero attached hydrogens (tertiary/aromatic N) is 2. The van der Waals surface area contributed by atoms with Gasteiger partial charge in [-0.25, -0.2) is 5.43 Å². The van der Waals surface area contributed by atoms with Crippen LogP contribution in [0.5, 0.6) is 0 Å². The van der Waals surface area contributed by atoms with Crippen LogP contribution in [-0.2, 0) is 13.1 Å². The SMILES string of the molecule is O=C(N/N=C\c1ccc(Cl)cc1Cl)c1ccc2c(c1)CN(c1ccc(Br)cc1)C2. The predicted molar refractivity (Wildman–Crippen MR) is 122 cm³/mol. The Kier molecular flexibility index (Phi) is 5.90. The largest absolute Gasteiger partial charge is 0.363 e. The smallest absolute Gasteiger partial charge is 0.271 e. The van der Waals surface area contributed by atoms with Crippen molar-refractivity contribution in [3.8, 4) is 0 Å². The van der Waals surface area contributed by atoms with E-state index in [1.54, 1.807) is 18.2 Å². The van der Waals surface area contributed by atoms with Crippen LogP contribution in [-0.4, -0.2) is 12.1 Å². The maximum Gasteiger partial charge on any atom is 0.271 e. The first kappa shape index (κ1) is 20.0. The molecule has 4 rings (SSSR count). The molecule has 0 fully saturated rings. The quantitative estimate of drug-likeness (QED) is 0.359. The summed E-state index contributed by atoms with van der Waals surface area (Å²) < 4.78 is 1.05.